The molecule has 1 aliphatic heterocycles. The Morgan fingerprint density at radius 1 is 0.464 bits per heavy atom. The molecule has 56 heavy (non-hydrogen) atoms. The summed E-state index contributed by atoms with van der Waals surface area (Å²) in [6.07, 6.45) is 0. The third-order valence-electron chi connectivity index (χ3n) is 11.4. The van der Waals surface area contributed by atoms with Crippen LogP contribution in [0, 0.1) is 33.8 Å². The standard InChI is InChI=1S/2C21H23.C12H7Si.Hf/c2*1-14-8-6-10-18(15(14)2)19-11-7-9-16-12-17(13-20(16)19)21(3,4)5;1-3-7-11-9(5-1)10-6-2-4-8-12(10)13-11;/h2*6-13H,1-5H3;1-7H;/q3*-1;. The van der Waals surface area contributed by atoms with Crippen molar-refractivity contribution in [2.24, 2.45) is 0 Å². The van der Waals surface area contributed by atoms with E-state index in [4.69, 9.17) is 0 Å². The molecule has 1 aliphatic rings. The molecule has 0 unspecified atom stereocenters. The van der Waals surface area contributed by atoms with Crippen LogP contribution in [-0.4, -0.2) is 9.52 Å². The van der Waals surface area contributed by atoms with E-state index in [9.17, 15) is 0 Å². The number of fused-ring (bicyclic) bond motifs is 5. The third kappa shape index (κ3) is 8.48. The van der Waals surface area contributed by atoms with Crippen molar-refractivity contribution in [3.05, 3.63) is 179 Å². The van der Waals surface area contributed by atoms with Crippen LogP contribution in [0.25, 0.3) is 54.9 Å². The fraction of sp³-hybridized carbons (Fsp3) is 0.222. The van der Waals surface area contributed by atoms with E-state index in [1.165, 1.54) is 98.7 Å². The Bertz CT molecular complexity index is 2450. The molecule has 0 N–H and O–H groups in total. The van der Waals surface area contributed by atoms with Crippen LogP contribution < -0.4 is 10.4 Å². The minimum atomic E-state index is 0. The number of rotatable bonds is 2. The number of hydrogen-bond acceptors (Lipinski definition) is 0. The molecule has 2 radical (unpaired) electrons. The van der Waals surface area contributed by atoms with Gasteiger partial charge in [0.25, 0.3) is 0 Å². The van der Waals surface area contributed by atoms with Crippen LogP contribution in [0.2, 0.25) is 0 Å². The summed E-state index contributed by atoms with van der Waals surface area (Å²) in [5.41, 5.74) is 16.9. The summed E-state index contributed by atoms with van der Waals surface area (Å²) in [5, 5.41) is 8.26. The molecular weight excluding hydrogens is 855 g/mol. The zero-order valence-corrected chi connectivity index (χ0v) is 39.4. The Morgan fingerprint density at radius 3 is 1.39 bits per heavy atom. The first-order chi connectivity index (χ1) is 26.2. The quantitative estimate of drug-likeness (QED) is 0.120. The first-order valence-corrected chi connectivity index (χ1v) is 20.6. The Morgan fingerprint density at radius 2 is 0.893 bits per heavy atom. The molecule has 0 aliphatic carbocycles. The van der Waals surface area contributed by atoms with Crippen molar-refractivity contribution < 1.29 is 25.8 Å². The second-order valence-electron chi connectivity index (χ2n) is 17.2. The SMILES string of the molecule is Cc1cccc(-c2cccc3[cH-]c(C(C)(C)C)cc23)c1C.Cc1cccc(-c2cccc3[cH-]c(C(C)(C)C)cc23)c1C.[Hf].[c-]1cccc2c1[Si]c1ccccc1-2. The van der Waals surface area contributed by atoms with Gasteiger partial charge < -0.3 is 0 Å². The molecule has 0 fully saturated rings. The maximum absolute atomic E-state index is 3.31. The summed E-state index contributed by atoms with van der Waals surface area (Å²) < 4.78 is 0. The smallest absolute Gasteiger partial charge is 0.0920 e. The largest absolute Gasteiger partial charge is 0.184 e. The van der Waals surface area contributed by atoms with Gasteiger partial charge in [0.05, 0.1) is 9.52 Å². The van der Waals surface area contributed by atoms with Crippen molar-refractivity contribution in [1.29, 1.82) is 0 Å². The van der Waals surface area contributed by atoms with Gasteiger partial charge >= 0.3 is 0 Å². The summed E-state index contributed by atoms with van der Waals surface area (Å²) in [7, 11) is 0.795. The molecule has 1 heterocycles. The van der Waals surface area contributed by atoms with E-state index in [1.807, 2.05) is 6.07 Å². The van der Waals surface area contributed by atoms with Gasteiger partial charge in [-0.15, -0.1) is 74.6 Å². The van der Waals surface area contributed by atoms with Crippen LogP contribution in [0.4, 0.5) is 0 Å². The zero-order chi connectivity index (χ0) is 39.1. The fourth-order valence-electron chi connectivity index (χ4n) is 7.62. The van der Waals surface area contributed by atoms with Gasteiger partial charge in [-0.2, -0.15) is 41.6 Å². The van der Waals surface area contributed by atoms with Crippen molar-refractivity contribution in [3.63, 3.8) is 0 Å². The van der Waals surface area contributed by atoms with Crippen molar-refractivity contribution >= 4 is 41.4 Å². The second-order valence-corrected chi connectivity index (χ2v) is 18.5. The molecule has 0 atom stereocenters. The predicted molar refractivity (Wildman–Crippen MR) is 242 cm³/mol. The molecule has 2 heteroatoms. The topological polar surface area (TPSA) is 0 Å². The first kappa shape index (κ1) is 41.3. The van der Waals surface area contributed by atoms with Gasteiger partial charge in [-0.1, -0.05) is 136 Å². The third-order valence-corrected chi connectivity index (χ3v) is 12.7. The first-order valence-electron chi connectivity index (χ1n) is 19.6. The van der Waals surface area contributed by atoms with Crippen LogP contribution in [0.1, 0.15) is 74.9 Å². The molecule has 0 aromatic heterocycles. The fourth-order valence-corrected chi connectivity index (χ4v) is 8.93. The van der Waals surface area contributed by atoms with Crippen LogP contribution in [0.3, 0.4) is 0 Å². The number of hydrogen-bond donors (Lipinski definition) is 0. The van der Waals surface area contributed by atoms with Crippen LogP contribution in [-0.2, 0) is 36.7 Å². The molecule has 8 aromatic carbocycles. The number of aryl methyl sites for hydroxylation is 2. The van der Waals surface area contributed by atoms with Gasteiger partial charge in [0, 0.05) is 25.8 Å². The van der Waals surface area contributed by atoms with E-state index in [2.05, 4.69) is 209 Å². The van der Waals surface area contributed by atoms with Crippen LogP contribution in [0.15, 0.2) is 140 Å². The average Bonchev–Trinajstić information content (AvgIpc) is 3.90. The normalized spacial score (nSPS) is 11.9. The molecule has 8 aromatic rings. The molecule has 280 valence electrons. The van der Waals surface area contributed by atoms with E-state index in [-0.39, 0.29) is 36.7 Å². The predicted octanol–water partition coefficient (Wildman–Crippen LogP) is 13.4. The molecule has 0 spiro atoms. The average molecular weight is 909 g/mol. The Hall–Kier alpha value is -4.37. The maximum atomic E-state index is 3.31. The van der Waals surface area contributed by atoms with Gasteiger partial charge in [0.15, 0.2) is 0 Å². The van der Waals surface area contributed by atoms with E-state index in [0.717, 1.165) is 9.52 Å². The molecule has 0 amide bonds. The maximum Gasteiger partial charge on any atom is 0.0920 e. The minimum absolute atomic E-state index is 0. The van der Waals surface area contributed by atoms with Crippen LogP contribution in [0.5, 0.6) is 0 Å². The van der Waals surface area contributed by atoms with E-state index in [0.29, 0.717) is 0 Å². The van der Waals surface area contributed by atoms with Crippen molar-refractivity contribution in [1.82, 2.24) is 0 Å². The van der Waals surface area contributed by atoms with Crippen molar-refractivity contribution in [3.8, 4) is 33.4 Å². The summed E-state index contributed by atoms with van der Waals surface area (Å²) in [5.74, 6) is 0. The molecule has 0 saturated heterocycles. The van der Waals surface area contributed by atoms with Crippen molar-refractivity contribution in [2.75, 3.05) is 0 Å². The van der Waals surface area contributed by atoms with Gasteiger partial charge in [0.2, 0.25) is 0 Å². The molecule has 9 rings (SSSR count). The molecule has 0 saturated carbocycles. The zero-order valence-electron chi connectivity index (χ0n) is 34.8. The van der Waals surface area contributed by atoms with Crippen LogP contribution >= 0.6 is 0 Å². The van der Waals surface area contributed by atoms with Gasteiger partial charge in [0.1, 0.15) is 0 Å². The van der Waals surface area contributed by atoms with E-state index >= 15 is 0 Å². The molecular formula is C54H53HfSi-3. The Labute approximate surface area is 357 Å². The van der Waals surface area contributed by atoms with E-state index < -0.39 is 0 Å². The summed E-state index contributed by atoms with van der Waals surface area (Å²) in [6, 6.07) is 54.0. The summed E-state index contributed by atoms with van der Waals surface area (Å²) in [4.78, 5) is 0. The van der Waals surface area contributed by atoms with Gasteiger partial charge in [-0.3, -0.25) is 0 Å². The van der Waals surface area contributed by atoms with Gasteiger partial charge in [-0.25, -0.2) is 0 Å². The minimum Gasteiger partial charge on any atom is -0.184 e. The summed E-state index contributed by atoms with van der Waals surface area (Å²) >= 11 is 0. The Kier molecular flexibility index (Phi) is 12.2. The second kappa shape index (κ2) is 16.6. The monoisotopic (exact) mass is 909 g/mol. The van der Waals surface area contributed by atoms with E-state index in [1.54, 1.807) is 0 Å². The molecule has 0 bridgehead atoms. The summed E-state index contributed by atoms with van der Waals surface area (Å²) in [6.45, 7) is 22.5. The van der Waals surface area contributed by atoms with Crippen molar-refractivity contribution in [2.45, 2.75) is 80.1 Å². The number of benzene rings is 6. The molecule has 0 nitrogen and oxygen atoms in total. The Balaban J connectivity index is 0.000000145. The van der Waals surface area contributed by atoms with Gasteiger partial charge in [-0.05, 0) is 71.9 Å².